The van der Waals surface area contributed by atoms with Crippen molar-refractivity contribution in [2.45, 2.75) is 90.3 Å². The van der Waals surface area contributed by atoms with Crippen molar-refractivity contribution < 1.29 is 47.9 Å². The average Bonchev–Trinajstić information content (AvgIpc) is 3.98. The van der Waals surface area contributed by atoms with Gasteiger partial charge in [0.15, 0.2) is 0 Å². The molecule has 434 valence electrons. The Bertz CT molecular complexity index is 3240. The molecule has 1 aromatic heterocycles. The third kappa shape index (κ3) is 14.5. The number of anilines is 3. The highest BCUT2D eigenvalue weighted by atomic mass is 35.5. The number of halogens is 1. The third-order valence-corrected chi connectivity index (χ3v) is 15.3. The number of benzene rings is 4. The molecule has 9 amide bonds. The summed E-state index contributed by atoms with van der Waals surface area (Å²) in [5, 5.41) is 16.4. The number of aromatic amines is 1. The number of ether oxygens (including phenoxy) is 1. The molecule has 5 aromatic rings. The molecule has 0 bridgehead atoms. The van der Waals surface area contributed by atoms with Crippen LogP contribution in [0.1, 0.15) is 98.5 Å². The zero-order valence-electron chi connectivity index (χ0n) is 46.9. The standard InChI is InChI=1S/C60H72ClN11O10/c1-35(2)29-46(67-58(79)54(36(3)4)68-50(73)14-10-24-71-51(74)21-22-52(71)75)57(78)66-45(13-8-9-23-62)56(77)63-40-17-15-37(16-18-40)55(76)64-41-19-20-44-38(30-41)31-47(65-44)59(80)72-34-39(33-61)53-43-12-7-6-11-42(43)49(32-48(53)72)82-60(81)70-27-25-69(5)26-28-70/h6-7,11-12,15-22,30-32,35-36,39,45-46,54,65H,8-10,13-14,23-29,33-34,62H2,1-5H3,(H,63,77)(H,64,76)(H,66,78)(H,67,79)(H,68,73)/t39-,45+,46?,54?/m1/s1. The number of fused-ring (bicyclic) bond motifs is 4. The van der Waals surface area contributed by atoms with E-state index in [9.17, 15) is 43.2 Å². The van der Waals surface area contributed by atoms with Crippen LogP contribution in [-0.4, -0.2) is 150 Å². The molecule has 4 aromatic carbocycles. The Morgan fingerprint density at radius 1 is 0.756 bits per heavy atom. The number of nitrogens with zero attached hydrogens (tertiary/aromatic N) is 4. The number of carbonyl (C=O) groups excluding carboxylic acids is 9. The molecule has 0 radical (unpaired) electrons. The molecule has 4 atom stereocenters. The van der Waals surface area contributed by atoms with Gasteiger partial charge >= 0.3 is 6.09 Å². The zero-order valence-corrected chi connectivity index (χ0v) is 47.6. The number of imide groups is 1. The van der Waals surface area contributed by atoms with Crippen molar-refractivity contribution in [3.05, 3.63) is 108 Å². The van der Waals surface area contributed by atoms with E-state index < -0.39 is 65.6 Å². The van der Waals surface area contributed by atoms with E-state index in [4.69, 9.17) is 22.1 Å². The van der Waals surface area contributed by atoms with E-state index >= 15 is 0 Å². The van der Waals surface area contributed by atoms with Gasteiger partial charge in [-0.1, -0.05) is 52.0 Å². The number of aromatic nitrogens is 1. The van der Waals surface area contributed by atoms with E-state index in [0.29, 0.717) is 78.4 Å². The maximum Gasteiger partial charge on any atom is 0.415 e. The number of hydrogen-bond donors (Lipinski definition) is 7. The largest absolute Gasteiger partial charge is 0.415 e. The summed E-state index contributed by atoms with van der Waals surface area (Å²) in [7, 11) is 2.01. The quantitative estimate of drug-likeness (QED) is 0.0218. The number of piperazine rings is 1. The van der Waals surface area contributed by atoms with E-state index in [1.165, 1.54) is 12.2 Å². The van der Waals surface area contributed by atoms with Gasteiger partial charge in [-0.25, -0.2) is 4.79 Å². The van der Waals surface area contributed by atoms with Gasteiger partial charge in [0.05, 0.1) is 5.69 Å². The highest BCUT2D eigenvalue weighted by Crippen LogP contribution is 2.46. The molecule has 82 heavy (non-hydrogen) atoms. The minimum Gasteiger partial charge on any atom is -0.409 e. The van der Waals surface area contributed by atoms with Crippen LogP contribution < -0.4 is 42.0 Å². The molecular formula is C60H72ClN11O10. The van der Waals surface area contributed by atoms with Gasteiger partial charge in [-0.2, -0.15) is 0 Å². The van der Waals surface area contributed by atoms with Crippen LogP contribution in [0.2, 0.25) is 0 Å². The van der Waals surface area contributed by atoms with Crippen molar-refractivity contribution in [1.29, 1.82) is 0 Å². The molecule has 1 fully saturated rings. The molecule has 21 nitrogen and oxygen atoms in total. The summed E-state index contributed by atoms with van der Waals surface area (Å²) in [6.07, 6.45) is 3.60. The van der Waals surface area contributed by atoms with Gasteiger partial charge in [0, 0.05) is 109 Å². The Kier molecular flexibility index (Phi) is 19.8. The number of nitrogens with one attached hydrogen (secondary N) is 6. The van der Waals surface area contributed by atoms with E-state index in [-0.39, 0.29) is 67.3 Å². The van der Waals surface area contributed by atoms with Crippen LogP contribution in [0.5, 0.6) is 5.75 Å². The van der Waals surface area contributed by atoms with Crippen molar-refractivity contribution in [2.24, 2.45) is 17.6 Å². The lowest BCUT2D eigenvalue weighted by Gasteiger charge is -2.31. The highest BCUT2D eigenvalue weighted by molar-refractivity contribution is 6.19. The van der Waals surface area contributed by atoms with Crippen LogP contribution in [0.25, 0.3) is 21.7 Å². The molecule has 0 spiro atoms. The predicted molar refractivity (Wildman–Crippen MR) is 314 cm³/mol. The second-order valence-electron chi connectivity index (χ2n) is 21.9. The number of carbonyl (C=O) groups is 9. The summed E-state index contributed by atoms with van der Waals surface area (Å²) in [6, 6.07) is 19.5. The fourth-order valence-corrected chi connectivity index (χ4v) is 10.7. The van der Waals surface area contributed by atoms with Crippen LogP contribution in [0.15, 0.2) is 91.0 Å². The highest BCUT2D eigenvalue weighted by Gasteiger charge is 2.37. The second kappa shape index (κ2) is 27.1. The Balaban J connectivity index is 0.889. The summed E-state index contributed by atoms with van der Waals surface area (Å²) in [6.45, 7) is 10.6. The first-order valence-corrected chi connectivity index (χ1v) is 28.4. The van der Waals surface area contributed by atoms with Crippen LogP contribution in [-0.2, 0) is 28.8 Å². The van der Waals surface area contributed by atoms with Gasteiger partial charge in [-0.3, -0.25) is 43.3 Å². The summed E-state index contributed by atoms with van der Waals surface area (Å²) >= 11 is 6.57. The topological polar surface area (TPSA) is 278 Å². The SMILES string of the molecule is CC(C)CC(NC(=O)C(NC(=O)CCCN1C(=O)C=CC1=O)C(C)C)C(=O)N[C@@H](CCCCN)C(=O)Nc1ccc(C(=O)Nc2ccc3[nH]c(C(=O)N4C[C@@H](CCl)c5c4cc(OC(=O)N4CCN(C)CC4)c4ccccc54)cc3c2)cc1. The Labute approximate surface area is 481 Å². The van der Waals surface area contributed by atoms with Gasteiger partial charge in [-0.05, 0) is 117 Å². The van der Waals surface area contributed by atoms with Gasteiger partial charge in [0.25, 0.3) is 23.6 Å². The Hall–Kier alpha value is -8.14. The van der Waals surface area contributed by atoms with Crippen molar-refractivity contribution in [1.82, 2.24) is 35.6 Å². The van der Waals surface area contributed by atoms with E-state index in [1.807, 2.05) is 45.2 Å². The Morgan fingerprint density at radius 3 is 2.11 bits per heavy atom. The molecule has 0 aliphatic carbocycles. The lowest BCUT2D eigenvalue weighted by molar-refractivity contribution is -0.137. The fraction of sp³-hybridized carbons (Fsp3) is 0.417. The van der Waals surface area contributed by atoms with Crippen LogP contribution in [0, 0.1) is 11.8 Å². The summed E-state index contributed by atoms with van der Waals surface area (Å²) in [5.41, 5.74) is 9.37. The molecule has 22 heteroatoms. The molecule has 8 rings (SSSR count). The smallest absolute Gasteiger partial charge is 0.409 e. The number of unbranched alkanes of at least 4 members (excludes halogenated alkanes) is 1. The summed E-state index contributed by atoms with van der Waals surface area (Å²) in [4.78, 5) is 130. The lowest BCUT2D eigenvalue weighted by atomic mass is 9.95. The number of hydrogen-bond acceptors (Lipinski definition) is 12. The van der Waals surface area contributed by atoms with Crippen LogP contribution in [0.4, 0.5) is 21.9 Å². The van der Waals surface area contributed by atoms with Crippen molar-refractivity contribution in [3.8, 4) is 5.75 Å². The van der Waals surface area contributed by atoms with E-state index in [0.717, 1.165) is 34.3 Å². The number of likely N-dealkylation sites (N-methyl/N-ethyl adjacent to an activating group) is 1. The first-order chi connectivity index (χ1) is 39.3. The summed E-state index contributed by atoms with van der Waals surface area (Å²) in [5.74, 6) is -3.79. The molecule has 3 aliphatic heterocycles. The predicted octanol–water partition coefficient (Wildman–Crippen LogP) is 6.23. The number of rotatable bonds is 23. The molecular weight excluding hydrogens is 1070 g/mol. The van der Waals surface area contributed by atoms with Crippen molar-refractivity contribution in [3.63, 3.8) is 0 Å². The Morgan fingerprint density at radius 2 is 1.44 bits per heavy atom. The van der Waals surface area contributed by atoms with Gasteiger partial charge < -0.3 is 56.7 Å². The molecule has 0 saturated carbocycles. The first kappa shape index (κ1) is 60.0. The average molecular weight is 1140 g/mol. The number of H-pyrrole nitrogens is 1. The zero-order chi connectivity index (χ0) is 58.8. The molecule has 3 aliphatic rings. The molecule has 8 N–H and O–H groups in total. The summed E-state index contributed by atoms with van der Waals surface area (Å²) < 4.78 is 6.06. The van der Waals surface area contributed by atoms with E-state index in [1.54, 1.807) is 78.2 Å². The van der Waals surface area contributed by atoms with E-state index in [2.05, 4.69) is 36.5 Å². The maximum absolute atomic E-state index is 14.5. The van der Waals surface area contributed by atoms with Gasteiger partial charge in [0.1, 0.15) is 29.6 Å². The number of nitrogens with two attached hydrogens (primary N) is 1. The van der Waals surface area contributed by atoms with Crippen LogP contribution >= 0.6 is 11.6 Å². The van der Waals surface area contributed by atoms with Gasteiger partial charge in [0.2, 0.25) is 23.6 Å². The molecule has 1 saturated heterocycles. The monoisotopic (exact) mass is 1140 g/mol. The minimum absolute atomic E-state index is 0.0494. The normalized spacial score (nSPS) is 16.4. The van der Waals surface area contributed by atoms with Crippen molar-refractivity contribution >= 4 is 104 Å². The molecule has 4 heterocycles. The van der Waals surface area contributed by atoms with Crippen LogP contribution in [0.3, 0.4) is 0 Å². The second-order valence-corrected chi connectivity index (χ2v) is 22.2. The van der Waals surface area contributed by atoms with Gasteiger partial charge in [-0.15, -0.1) is 11.6 Å². The number of alkyl halides is 1. The lowest BCUT2D eigenvalue weighted by Crippen LogP contribution is -2.57. The van der Waals surface area contributed by atoms with Crippen molar-refractivity contribution in [2.75, 3.05) is 74.3 Å². The number of amides is 9. The molecule has 2 unspecified atom stereocenters. The third-order valence-electron chi connectivity index (χ3n) is 14.9. The first-order valence-electron chi connectivity index (χ1n) is 27.9. The minimum atomic E-state index is -1.06. The maximum atomic E-state index is 14.5. The fourth-order valence-electron chi connectivity index (χ4n) is 10.4.